The smallest absolute Gasteiger partial charge is 0.0752 e. The van der Waals surface area contributed by atoms with Crippen molar-refractivity contribution in [3.05, 3.63) is 38.8 Å². The van der Waals surface area contributed by atoms with Crippen molar-refractivity contribution in [2.75, 3.05) is 6.54 Å². The average molecular weight is 314 g/mol. The van der Waals surface area contributed by atoms with E-state index in [2.05, 4.69) is 45.4 Å². The van der Waals surface area contributed by atoms with Crippen molar-refractivity contribution >= 4 is 27.3 Å². The molecule has 0 amide bonds. The molecular formula is C12H16BrN3S. The second-order valence-corrected chi connectivity index (χ2v) is 6.07. The fourth-order valence-corrected chi connectivity index (χ4v) is 2.88. The van der Waals surface area contributed by atoms with Crippen molar-refractivity contribution in [1.29, 1.82) is 0 Å². The fraction of sp³-hybridized carbons (Fsp3) is 0.417. The average Bonchev–Trinajstić information content (AvgIpc) is 2.90. The Morgan fingerprint density at radius 1 is 1.41 bits per heavy atom. The fourth-order valence-electron chi connectivity index (χ4n) is 1.58. The minimum atomic E-state index is 0.851. The Morgan fingerprint density at radius 3 is 2.94 bits per heavy atom. The molecule has 2 rings (SSSR count). The summed E-state index contributed by atoms with van der Waals surface area (Å²) in [5.41, 5.74) is 0. The Bertz CT molecular complexity index is 464. The van der Waals surface area contributed by atoms with Gasteiger partial charge in [-0.1, -0.05) is 6.92 Å². The predicted octanol–water partition coefficient (Wildman–Crippen LogP) is 3.26. The van der Waals surface area contributed by atoms with E-state index in [0.29, 0.717) is 0 Å². The van der Waals surface area contributed by atoms with Gasteiger partial charge < -0.3 is 5.32 Å². The third-order valence-electron chi connectivity index (χ3n) is 2.36. The highest BCUT2D eigenvalue weighted by Crippen LogP contribution is 2.18. The first kappa shape index (κ1) is 12.8. The van der Waals surface area contributed by atoms with Crippen molar-refractivity contribution in [2.24, 2.45) is 0 Å². The maximum Gasteiger partial charge on any atom is 0.0752 e. The van der Waals surface area contributed by atoms with Gasteiger partial charge >= 0.3 is 0 Å². The second kappa shape index (κ2) is 6.33. The molecule has 1 N–H and O–H groups in total. The van der Waals surface area contributed by atoms with Crippen LogP contribution < -0.4 is 5.32 Å². The van der Waals surface area contributed by atoms with Crippen LogP contribution in [0.3, 0.4) is 0 Å². The van der Waals surface area contributed by atoms with Crippen LogP contribution >= 0.6 is 27.3 Å². The molecular weight excluding hydrogens is 298 g/mol. The molecule has 3 nitrogen and oxygen atoms in total. The Morgan fingerprint density at radius 2 is 2.24 bits per heavy atom. The van der Waals surface area contributed by atoms with Crippen LogP contribution in [0, 0.1) is 0 Å². The van der Waals surface area contributed by atoms with E-state index in [0.717, 1.165) is 24.1 Å². The molecule has 0 aliphatic rings. The van der Waals surface area contributed by atoms with Gasteiger partial charge in [-0.25, -0.2) is 0 Å². The molecule has 0 spiro atoms. The standard InChI is InChI=1S/C12H16BrN3S/c1-2-5-14-7-11-3-4-12(17-11)9-16-8-10(13)6-15-16/h3-4,6,8,14H,2,5,7,9H2,1H3. The van der Waals surface area contributed by atoms with Crippen LogP contribution in [0.15, 0.2) is 29.0 Å². The van der Waals surface area contributed by atoms with Crippen LogP contribution in [0.5, 0.6) is 0 Å². The van der Waals surface area contributed by atoms with Crippen LogP contribution in [0.25, 0.3) is 0 Å². The normalized spacial score (nSPS) is 10.9. The molecule has 0 unspecified atom stereocenters. The van der Waals surface area contributed by atoms with Gasteiger partial charge in [-0.05, 0) is 41.0 Å². The Kier molecular flexibility index (Phi) is 4.76. The Hall–Kier alpha value is -0.650. The number of hydrogen-bond acceptors (Lipinski definition) is 3. The van der Waals surface area contributed by atoms with E-state index < -0.39 is 0 Å². The van der Waals surface area contributed by atoms with E-state index in [1.165, 1.54) is 16.2 Å². The summed E-state index contributed by atoms with van der Waals surface area (Å²) in [5, 5.41) is 7.67. The lowest BCUT2D eigenvalue weighted by atomic mass is 10.4. The van der Waals surface area contributed by atoms with E-state index in [1.54, 1.807) is 0 Å². The second-order valence-electron chi connectivity index (χ2n) is 3.90. The Balaban J connectivity index is 1.89. The van der Waals surface area contributed by atoms with Gasteiger partial charge in [0.15, 0.2) is 0 Å². The van der Waals surface area contributed by atoms with Crippen molar-refractivity contribution in [3.63, 3.8) is 0 Å². The molecule has 2 aromatic heterocycles. The van der Waals surface area contributed by atoms with Crippen LogP contribution in [0.4, 0.5) is 0 Å². The molecule has 0 aromatic carbocycles. The molecule has 17 heavy (non-hydrogen) atoms. The van der Waals surface area contributed by atoms with E-state index in [4.69, 9.17) is 0 Å². The van der Waals surface area contributed by atoms with Gasteiger partial charge in [-0.2, -0.15) is 5.10 Å². The quantitative estimate of drug-likeness (QED) is 0.830. The largest absolute Gasteiger partial charge is 0.312 e. The van der Waals surface area contributed by atoms with E-state index >= 15 is 0 Å². The first-order chi connectivity index (χ1) is 8.28. The van der Waals surface area contributed by atoms with Crippen molar-refractivity contribution in [2.45, 2.75) is 26.4 Å². The van der Waals surface area contributed by atoms with Crippen molar-refractivity contribution < 1.29 is 0 Å². The number of aromatic nitrogens is 2. The van der Waals surface area contributed by atoms with E-state index in [1.807, 2.05) is 28.4 Å². The highest BCUT2D eigenvalue weighted by molar-refractivity contribution is 9.10. The molecule has 0 aliphatic heterocycles. The summed E-state index contributed by atoms with van der Waals surface area (Å²) < 4.78 is 2.97. The molecule has 0 saturated carbocycles. The molecule has 0 radical (unpaired) electrons. The van der Waals surface area contributed by atoms with Gasteiger partial charge in [0.05, 0.1) is 17.2 Å². The maximum atomic E-state index is 4.26. The summed E-state index contributed by atoms with van der Waals surface area (Å²) in [6.45, 7) is 5.09. The lowest BCUT2D eigenvalue weighted by Gasteiger charge is -1.99. The topological polar surface area (TPSA) is 29.9 Å². The first-order valence-corrected chi connectivity index (χ1v) is 7.35. The molecule has 0 bridgehead atoms. The van der Waals surface area contributed by atoms with Gasteiger partial charge in [0.25, 0.3) is 0 Å². The van der Waals surface area contributed by atoms with Gasteiger partial charge in [-0.15, -0.1) is 11.3 Å². The summed E-state index contributed by atoms with van der Waals surface area (Å²) >= 11 is 5.25. The number of halogens is 1. The summed E-state index contributed by atoms with van der Waals surface area (Å²) in [4.78, 5) is 2.73. The molecule has 5 heteroatoms. The summed E-state index contributed by atoms with van der Waals surface area (Å²) in [7, 11) is 0. The molecule has 92 valence electrons. The van der Waals surface area contributed by atoms with Gasteiger partial charge in [-0.3, -0.25) is 4.68 Å². The molecule has 0 saturated heterocycles. The van der Waals surface area contributed by atoms with Gasteiger partial charge in [0.2, 0.25) is 0 Å². The van der Waals surface area contributed by atoms with Gasteiger partial charge in [0.1, 0.15) is 0 Å². The summed E-state index contributed by atoms with van der Waals surface area (Å²) in [6, 6.07) is 4.38. The Labute approximate surface area is 114 Å². The van der Waals surface area contributed by atoms with Crippen molar-refractivity contribution in [1.82, 2.24) is 15.1 Å². The zero-order valence-electron chi connectivity index (χ0n) is 9.82. The zero-order chi connectivity index (χ0) is 12.1. The lowest BCUT2D eigenvalue weighted by molar-refractivity contribution is 0.681. The van der Waals surface area contributed by atoms with Crippen molar-refractivity contribution in [3.8, 4) is 0 Å². The van der Waals surface area contributed by atoms with Crippen LogP contribution in [-0.2, 0) is 13.1 Å². The SMILES string of the molecule is CCCNCc1ccc(Cn2cc(Br)cn2)s1. The molecule has 2 heterocycles. The monoisotopic (exact) mass is 313 g/mol. The third-order valence-corrected chi connectivity index (χ3v) is 3.84. The molecule has 2 aromatic rings. The number of nitrogens with one attached hydrogen (secondary N) is 1. The minimum Gasteiger partial charge on any atom is -0.312 e. The van der Waals surface area contributed by atoms with E-state index in [9.17, 15) is 0 Å². The van der Waals surface area contributed by atoms with Crippen LogP contribution in [-0.4, -0.2) is 16.3 Å². The number of hydrogen-bond donors (Lipinski definition) is 1. The predicted molar refractivity (Wildman–Crippen MR) is 75.3 cm³/mol. The number of nitrogens with zero attached hydrogens (tertiary/aromatic N) is 2. The zero-order valence-corrected chi connectivity index (χ0v) is 12.2. The van der Waals surface area contributed by atoms with Gasteiger partial charge in [0, 0.05) is 22.5 Å². The highest BCUT2D eigenvalue weighted by atomic mass is 79.9. The van der Waals surface area contributed by atoms with Crippen LogP contribution in [0.2, 0.25) is 0 Å². The highest BCUT2D eigenvalue weighted by Gasteiger charge is 2.02. The molecule has 0 aliphatic carbocycles. The number of rotatable bonds is 6. The van der Waals surface area contributed by atoms with Crippen LogP contribution in [0.1, 0.15) is 23.1 Å². The minimum absolute atomic E-state index is 0.851. The first-order valence-electron chi connectivity index (χ1n) is 5.74. The maximum absolute atomic E-state index is 4.26. The third kappa shape index (κ3) is 3.94. The summed E-state index contributed by atoms with van der Waals surface area (Å²) in [6.07, 6.45) is 4.99. The molecule has 0 fully saturated rings. The summed E-state index contributed by atoms with van der Waals surface area (Å²) in [5.74, 6) is 0. The van der Waals surface area contributed by atoms with E-state index in [-0.39, 0.29) is 0 Å². The molecule has 0 atom stereocenters. The lowest BCUT2D eigenvalue weighted by Crippen LogP contribution is -2.12. The number of thiophene rings is 1.